The van der Waals surface area contributed by atoms with Crippen LogP contribution < -0.4 is 4.74 Å². The van der Waals surface area contributed by atoms with Crippen LogP contribution in [0, 0.1) is 0 Å². The number of ether oxygens (including phenoxy) is 1. The first-order chi connectivity index (χ1) is 10.7. The van der Waals surface area contributed by atoms with E-state index in [1.807, 2.05) is 24.3 Å². The molecule has 1 aromatic rings. The molecule has 4 heteroatoms. The highest BCUT2D eigenvalue weighted by Crippen LogP contribution is 2.30. The highest BCUT2D eigenvalue weighted by atomic mass is 16.5. The minimum atomic E-state index is 0.243. The Balaban J connectivity index is 1.71. The third-order valence-electron chi connectivity index (χ3n) is 5.17. The number of benzene rings is 1. The van der Waals surface area contributed by atoms with E-state index < -0.39 is 0 Å². The summed E-state index contributed by atoms with van der Waals surface area (Å²) in [6.45, 7) is 2.07. The SMILES string of the molecule is COc1ccccc1CC(=O)N1CCC[C@H]1[C@H]1CCCN1C. The number of amides is 1. The average molecular weight is 302 g/mol. The molecule has 2 aliphatic rings. The molecule has 2 fully saturated rings. The molecule has 0 spiro atoms. The van der Waals surface area contributed by atoms with E-state index >= 15 is 0 Å². The highest BCUT2D eigenvalue weighted by Gasteiger charge is 2.38. The Bertz CT molecular complexity index is 532. The Hall–Kier alpha value is -1.55. The predicted molar refractivity (Wildman–Crippen MR) is 87.1 cm³/mol. The molecule has 4 nitrogen and oxygen atoms in total. The molecule has 0 N–H and O–H groups in total. The van der Waals surface area contributed by atoms with E-state index in [9.17, 15) is 4.79 Å². The Kier molecular flexibility index (Phi) is 4.67. The molecule has 2 heterocycles. The van der Waals surface area contributed by atoms with E-state index in [4.69, 9.17) is 4.74 Å². The van der Waals surface area contributed by atoms with Crippen molar-refractivity contribution >= 4 is 5.91 Å². The van der Waals surface area contributed by atoms with Gasteiger partial charge in [-0.1, -0.05) is 18.2 Å². The second kappa shape index (κ2) is 6.69. The number of para-hydroxylation sites is 1. The summed E-state index contributed by atoms with van der Waals surface area (Å²) in [5, 5.41) is 0. The van der Waals surface area contributed by atoms with Gasteiger partial charge in [-0.3, -0.25) is 4.79 Å². The van der Waals surface area contributed by atoms with Gasteiger partial charge in [-0.25, -0.2) is 0 Å². The maximum atomic E-state index is 12.8. The zero-order valence-electron chi connectivity index (χ0n) is 13.6. The second-order valence-corrected chi connectivity index (χ2v) is 6.48. The van der Waals surface area contributed by atoms with Crippen LogP contribution in [-0.4, -0.2) is 55.0 Å². The topological polar surface area (TPSA) is 32.8 Å². The summed E-state index contributed by atoms with van der Waals surface area (Å²) >= 11 is 0. The van der Waals surface area contributed by atoms with Crippen LogP contribution >= 0.6 is 0 Å². The molecule has 2 saturated heterocycles. The number of rotatable bonds is 4. The predicted octanol–water partition coefficient (Wildman–Crippen LogP) is 2.32. The van der Waals surface area contributed by atoms with Crippen molar-refractivity contribution in [3.63, 3.8) is 0 Å². The first-order valence-corrected chi connectivity index (χ1v) is 8.32. The Morgan fingerprint density at radius 3 is 2.64 bits per heavy atom. The first kappa shape index (κ1) is 15.3. The van der Waals surface area contributed by atoms with Crippen LogP contribution in [0.1, 0.15) is 31.2 Å². The molecule has 2 aliphatic heterocycles. The molecule has 0 saturated carbocycles. The van der Waals surface area contributed by atoms with E-state index in [0.717, 1.165) is 37.2 Å². The number of carbonyl (C=O) groups is 1. The summed E-state index contributed by atoms with van der Waals surface area (Å²) < 4.78 is 5.37. The molecular weight excluding hydrogens is 276 g/mol. The summed E-state index contributed by atoms with van der Waals surface area (Å²) in [5.74, 6) is 1.05. The monoisotopic (exact) mass is 302 g/mol. The van der Waals surface area contributed by atoms with Crippen LogP contribution in [0.5, 0.6) is 5.75 Å². The standard InChI is InChI=1S/C18H26N2O2/c1-19-11-5-8-15(19)16-9-6-12-20(16)18(21)13-14-7-3-4-10-17(14)22-2/h3-4,7,10,15-16H,5-6,8-9,11-13H2,1-2H3/t15-,16+/m1/s1. The lowest BCUT2D eigenvalue weighted by Gasteiger charge is -2.33. The maximum Gasteiger partial charge on any atom is 0.227 e. The van der Waals surface area contributed by atoms with Crippen LogP contribution in [-0.2, 0) is 11.2 Å². The summed E-state index contributed by atoms with van der Waals surface area (Å²) in [4.78, 5) is 17.4. The first-order valence-electron chi connectivity index (χ1n) is 8.32. The molecule has 120 valence electrons. The van der Waals surface area contributed by atoms with Gasteiger partial charge in [-0.15, -0.1) is 0 Å². The zero-order chi connectivity index (χ0) is 15.5. The summed E-state index contributed by atoms with van der Waals surface area (Å²) in [7, 11) is 3.86. The van der Waals surface area contributed by atoms with Crippen molar-refractivity contribution in [3.05, 3.63) is 29.8 Å². The Morgan fingerprint density at radius 2 is 1.91 bits per heavy atom. The van der Waals surface area contributed by atoms with Crippen molar-refractivity contribution in [3.8, 4) is 5.75 Å². The van der Waals surface area contributed by atoms with Crippen molar-refractivity contribution in [2.75, 3.05) is 27.2 Å². The second-order valence-electron chi connectivity index (χ2n) is 6.48. The number of carbonyl (C=O) groups excluding carboxylic acids is 1. The van der Waals surface area contributed by atoms with E-state index in [0.29, 0.717) is 18.5 Å². The Morgan fingerprint density at radius 1 is 1.18 bits per heavy atom. The molecular formula is C18H26N2O2. The van der Waals surface area contributed by atoms with Crippen molar-refractivity contribution in [1.29, 1.82) is 0 Å². The number of likely N-dealkylation sites (N-methyl/N-ethyl adjacent to an activating group) is 1. The van der Waals surface area contributed by atoms with Gasteiger partial charge in [0, 0.05) is 24.2 Å². The van der Waals surface area contributed by atoms with Crippen molar-refractivity contribution < 1.29 is 9.53 Å². The molecule has 2 atom stereocenters. The number of hydrogen-bond donors (Lipinski definition) is 0. The van der Waals surface area contributed by atoms with Crippen LogP contribution in [0.2, 0.25) is 0 Å². The number of hydrogen-bond acceptors (Lipinski definition) is 3. The van der Waals surface area contributed by atoms with E-state index in [1.165, 1.54) is 12.8 Å². The van der Waals surface area contributed by atoms with Gasteiger partial charge in [-0.05, 0) is 45.3 Å². The fourth-order valence-electron chi connectivity index (χ4n) is 4.04. The lowest BCUT2D eigenvalue weighted by atomic mass is 10.0. The lowest BCUT2D eigenvalue weighted by Crippen LogP contribution is -2.47. The fourth-order valence-corrected chi connectivity index (χ4v) is 4.04. The molecule has 0 aromatic heterocycles. The number of likely N-dealkylation sites (tertiary alicyclic amines) is 2. The molecule has 1 amide bonds. The minimum Gasteiger partial charge on any atom is -0.496 e. The van der Waals surface area contributed by atoms with Crippen LogP contribution in [0.3, 0.4) is 0 Å². The molecule has 22 heavy (non-hydrogen) atoms. The highest BCUT2D eigenvalue weighted by molar-refractivity contribution is 5.80. The van der Waals surface area contributed by atoms with Gasteiger partial charge in [0.05, 0.1) is 13.5 Å². The maximum absolute atomic E-state index is 12.8. The molecule has 0 radical (unpaired) electrons. The largest absolute Gasteiger partial charge is 0.496 e. The molecule has 0 bridgehead atoms. The third-order valence-corrected chi connectivity index (χ3v) is 5.17. The average Bonchev–Trinajstić information content (AvgIpc) is 3.16. The normalized spacial score (nSPS) is 25.6. The van der Waals surface area contributed by atoms with Crippen molar-refractivity contribution in [2.24, 2.45) is 0 Å². The summed E-state index contributed by atoms with van der Waals surface area (Å²) in [5.41, 5.74) is 0.987. The van der Waals surface area contributed by atoms with Crippen LogP contribution in [0.25, 0.3) is 0 Å². The number of methoxy groups -OCH3 is 1. The lowest BCUT2D eigenvalue weighted by molar-refractivity contribution is -0.132. The summed E-state index contributed by atoms with van der Waals surface area (Å²) in [6, 6.07) is 8.77. The zero-order valence-corrected chi connectivity index (χ0v) is 13.6. The van der Waals surface area contributed by atoms with Gasteiger partial charge in [0.25, 0.3) is 0 Å². The quantitative estimate of drug-likeness (QED) is 0.856. The summed E-state index contributed by atoms with van der Waals surface area (Å²) in [6.07, 6.45) is 5.20. The fraction of sp³-hybridized carbons (Fsp3) is 0.611. The van der Waals surface area contributed by atoms with E-state index in [-0.39, 0.29) is 5.91 Å². The van der Waals surface area contributed by atoms with Gasteiger partial charge >= 0.3 is 0 Å². The van der Waals surface area contributed by atoms with E-state index in [1.54, 1.807) is 7.11 Å². The van der Waals surface area contributed by atoms with Crippen molar-refractivity contribution in [1.82, 2.24) is 9.80 Å². The Labute approximate surface area is 133 Å². The van der Waals surface area contributed by atoms with Gasteiger partial charge in [0.15, 0.2) is 0 Å². The molecule has 1 aromatic carbocycles. The van der Waals surface area contributed by atoms with Crippen LogP contribution in [0.4, 0.5) is 0 Å². The van der Waals surface area contributed by atoms with Gasteiger partial charge in [0.1, 0.15) is 5.75 Å². The molecule has 3 rings (SSSR count). The number of nitrogens with zero attached hydrogens (tertiary/aromatic N) is 2. The van der Waals surface area contributed by atoms with Gasteiger partial charge in [0.2, 0.25) is 5.91 Å². The smallest absolute Gasteiger partial charge is 0.227 e. The minimum absolute atomic E-state index is 0.243. The molecule has 0 aliphatic carbocycles. The van der Waals surface area contributed by atoms with E-state index in [2.05, 4.69) is 16.8 Å². The van der Waals surface area contributed by atoms with Gasteiger partial charge in [-0.2, -0.15) is 0 Å². The van der Waals surface area contributed by atoms with Crippen molar-refractivity contribution in [2.45, 2.75) is 44.2 Å². The third kappa shape index (κ3) is 2.98. The van der Waals surface area contributed by atoms with Gasteiger partial charge < -0.3 is 14.5 Å². The van der Waals surface area contributed by atoms with Crippen LogP contribution in [0.15, 0.2) is 24.3 Å². The molecule has 0 unspecified atom stereocenters.